The highest BCUT2D eigenvalue weighted by molar-refractivity contribution is 14.1. The molecule has 0 unspecified atom stereocenters. The molecule has 64 valence electrons. The molecule has 13 heavy (non-hydrogen) atoms. The molecule has 2 aromatic rings. The van der Waals surface area contributed by atoms with E-state index in [1.165, 1.54) is 3.57 Å². The normalized spacial score (nSPS) is 10.2. The lowest BCUT2D eigenvalue weighted by Gasteiger charge is -1.90. The van der Waals surface area contributed by atoms with Gasteiger partial charge in [0.1, 0.15) is 6.07 Å². The second kappa shape index (κ2) is 3.56. The molecule has 4 heteroatoms. The fraction of sp³-hybridized carbons (Fsp3) is 0. The van der Waals surface area contributed by atoms with Gasteiger partial charge in [-0.25, -0.2) is 0 Å². The van der Waals surface area contributed by atoms with Gasteiger partial charge in [0.2, 0.25) is 0 Å². The van der Waals surface area contributed by atoms with Crippen molar-refractivity contribution in [1.82, 2.24) is 0 Å². The second-order valence-corrected chi connectivity index (χ2v) is 6.12. The van der Waals surface area contributed by atoms with Crippen molar-refractivity contribution in [3.63, 3.8) is 0 Å². The molecule has 0 spiro atoms. The zero-order valence-corrected chi connectivity index (χ0v) is 10.9. The van der Waals surface area contributed by atoms with Gasteiger partial charge >= 0.3 is 0 Å². The molecule has 1 nitrogen and oxygen atoms in total. The summed E-state index contributed by atoms with van der Waals surface area (Å²) in [4.78, 5) is 0. The third-order valence-electron chi connectivity index (χ3n) is 1.72. The van der Waals surface area contributed by atoms with Crippen LogP contribution in [0, 0.1) is 14.9 Å². The SMILES string of the molecule is N#Cc1c(Br)sc2cc(I)ccc12. The molecule has 1 aromatic heterocycles. The lowest BCUT2D eigenvalue weighted by Crippen LogP contribution is -1.72. The van der Waals surface area contributed by atoms with E-state index < -0.39 is 0 Å². The number of rotatable bonds is 0. The van der Waals surface area contributed by atoms with Crippen LogP contribution in [0.25, 0.3) is 10.1 Å². The first-order valence-electron chi connectivity index (χ1n) is 3.50. The number of hydrogen-bond acceptors (Lipinski definition) is 2. The van der Waals surface area contributed by atoms with Crippen molar-refractivity contribution in [3.05, 3.63) is 31.1 Å². The molecule has 2 rings (SSSR count). The fourth-order valence-electron chi connectivity index (χ4n) is 1.14. The van der Waals surface area contributed by atoms with Gasteiger partial charge in [-0.05, 0) is 50.7 Å². The van der Waals surface area contributed by atoms with Crippen LogP contribution >= 0.6 is 49.9 Å². The Morgan fingerprint density at radius 2 is 2.23 bits per heavy atom. The molecule has 0 fully saturated rings. The van der Waals surface area contributed by atoms with E-state index in [1.807, 2.05) is 12.1 Å². The molecule has 0 bridgehead atoms. The lowest BCUT2D eigenvalue weighted by molar-refractivity contribution is 1.51. The zero-order valence-electron chi connectivity index (χ0n) is 6.34. The van der Waals surface area contributed by atoms with E-state index in [0.717, 1.165) is 19.4 Å². The standard InChI is InChI=1S/C9H3BrINS/c10-9-7(4-12)6-2-1-5(11)3-8(6)13-9/h1-3H. The minimum absolute atomic E-state index is 0.747. The Kier molecular flexibility index (Phi) is 2.58. The zero-order chi connectivity index (χ0) is 9.42. The van der Waals surface area contributed by atoms with E-state index in [-0.39, 0.29) is 0 Å². The first-order chi connectivity index (χ1) is 6.22. The number of hydrogen-bond donors (Lipinski definition) is 0. The van der Waals surface area contributed by atoms with Crippen LogP contribution in [0.3, 0.4) is 0 Å². The van der Waals surface area contributed by atoms with Crippen molar-refractivity contribution < 1.29 is 0 Å². The highest BCUT2D eigenvalue weighted by Crippen LogP contribution is 2.35. The van der Waals surface area contributed by atoms with Crippen molar-refractivity contribution in [2.24, 2.45) is 0 Å². The predicted molar refractivity (Wildman–Crippen MR) is 67.0 cm³/mol. The number of fused-ring (bicyclic) bond motifs is 1. The van der Waals surface area contributed by atoms with Gasteiger partial charge in [0.15, 0.2) is 0 Å². The highest BCUT2D eigenvalue weighted by atomic mass is 127. The van der Waals surface area contributed by atoms with Crippen molar-refractivity contribution >= 4 is 59.9 Å². The number of halogens is 2. The first kappa shape index (κ1) is 9.44. The van der Waals surface area contributed by atoms with E-state index in [9.17, 15) is 0 Å². The maximum Gasteiger partial charge on any atom is 0.102 e. The monoisotopic (exact) mass is 363 g/mol. The lowest BCUT2D eigenvalue weighted by atomic mass is 10.2. The Hall–Kier alpha value is -0.120. The summed E-state index contributed by atoms with van der Waals surface area (Å²) in [6.45, 7) is 0. The second-order valence-electron chi connectivity index (χ2n) is 2.50. The number of nitrogens with zero attached hydrogens (tertiary/aromatic N) is 1. The molecule has 1 heterocycles. The van der Waals surface area contributed by atoms with Crippen molar-refractivity contribution in [2.75, 3.05) is 0 Å². The molecule has 0 saturated carbocycles. The Bertz CT molecular complexity index is 512. The minimum atomic E-state index is 0.747. The van der Waals surface area contributed by atoms with Crippen molar-refractivity contribution in [3.8, 4) is 6.07 Å². The maximum atomic E-state index is 8.90. The molecule has 0 N–H and O–H groups in total. The smallest absolute Gasteiger partial charge is 0.102 e. The molecule has 0 aliphatic carbocycles. The van der Waals surface area contributed by atoms with Crippen molar-refractivity contribution in [2.45, 2.75) is 0 Å². The van der Waals surface area contributed by atoms with E-state index >= 15 is 0 Å². The van der Waals surface area contributed by atoms with E-state index in [2.05, 4.69) is 50.7 Å². The molecule has 0 aliphatic heterocycles. The number of thiophene rings is 1. The summed E-state index contributed by atoms with van der Waals surface area (Å²) < 4.78 is 3.28. The van der Waals surface area contributed by atoms with Crippen LogP contribution in [-0.2, 0) is 0 Å². The molecular weight excluding hydrogens is 361 g/mol. The minimum Gasteiger partial charge on any atom is -0.192 e. The van der Waals surface area contributed by atoms with Crippen LogP contribution in [0.1, 0.15) is 5.56 Å². The van der Waals surface area contributed by atoms with Gasteiger partial charge < -0.3 is 0 Å². The Balaban J connectivity index is 2.88. The quantitative estimate of drug-likeness (QED) is 0.645. The molecule has 1 aromatic carbocycles. The topological polar surface area (TPSA) is 23.8 Å². The van der Waals surface area contributed by atoms with Crippen LogP contribution < -0.4 is 0 Å². The summed E-state index contributed by atoms with van der Waals surface area (Å²) in [6, 6.07) is 8.30. The van der Waals surface area contributed by atoms with Crippen LogP contribution in [0.5, 0.6) is 0 Å². The number of benzene rings is 1. The van der Waals surface area contributed by atoms with Gasteiger partial charge in [-0.3, -0.25) is 0 Å². The largest absolute Gasteiger partial charge is 0.192 e. The highest BCUT2D eigenvalue weighted by Gasteiger charge is 2.08. The third kappa shape index (κ3) is 1.60. The molecule has 0 amide bonds. The van der Waals surface area contributed by atoms with Gasteiger partial charge in [-0.2, -0.15) is 5.26 Å². The third-order valence-corrected chi connectivity index (χ3v) is 4.22. The van der Waals surface area contributed by atoms with Crippen LogP contribution in [0.2, 0.25) is 0 Å². The van der Waals surface area contributed by atoms with Crippen LogP contribution in [0.15, 0.2) is 22.0 Å². The average molecular weight is 364 g/mol. The predicted octanol–water partition coefficient (Wildman–Crippen LogP) is 4.14. The van der Waals surface area contributed by atoms with E-state index in [0.29, 0.717) is 0 Å². The summed E-state index contributed by atoms with van der Waals surface area (Å²) in [5.41, 5.74) is 0.747. The molecule has 0 saturated heterocycles. The Morgan fingerprint density at radius 1 is 1.46 bits per heavy atom. The summed E-state index contributed by atoms with van der Waals surface area (Å²) >= 11 is 7.26. The van der Waals surface area contributed by atoms with Crippen LogP contribution in [0.4, 0.5) is 0 Å². The maximum absolute atomic E-state index is 8.90. The molecular formula is C9H3BrINS. The summed E-state index contributed by atoms with van der Waals surface area (Å²) in [7, 11) is 0. The van der Waals surface area contributed by atoms with Crippen LogP contribution in [-0.4, -0.2) is 0 Å². The van der Waals surface area contributed by atoms with Gasteiger partial charge in [-0.15, -0.1) is 11.3 Å². The van der Waals surface area contributed by atoms with E-state index in [4.69, 9.17) is 5.26 Å². The van der Waals surface area contributed by atoms with Gasteiger partial charge in [-0.1, -0.05) is 6.07 Å². The van der Waals surface area contributed by atoms with E-state index in [1.54, 1.807) is 11.3 Å². The number of nitriles is 1. The summed E-state index contributed by atoms with van der Waals surface area (Å²) in [6.07, 6.45) is 0. The molecule has 0 radical (unpaired) electrons. The van der Waals surface area contributed by atoms with Gasteiger partial charge in [0, 0.05) is 13.7 Å². The summed E-state index contributed by atoms with van der Waals surface area (Å²) in [5.74, 6) is 0. The molecule has 0 aliphatic rings. The Morgan fingerprint density at radius 3 is 2.92 bits per heavy atom. The Labute approximate surface area is 102 Å². The van der Waals surface area contributed by atoms with Gasteiger partial charge in [0.05, 0.1) is 9.35 Å². The average Bonchev–Trinajstić information content (AvgIpc) is 2.39. The van der Waals surface area contributed by atoms with Gasteiger partial charge in [0.25, 0.3) is 0 Å². The van der Waals surface area contributed by atoms with Crippen molar-refractivity contribution in [1.29, 1.82) is 5.26 Å². The molecule has 0 atom stereocenters. The first-order valence-corrected chi connectivity index (χ1v) is 6.19. The summed E-state index contributed by atoms with van der Waals surface area (Å²) in [5, 5.41) is 9.94. The fourth-order valence-corrected chi connectivity index (χ4v) is 3.59.